The number of ketones is 1. The summed E-state index contributed by atoms with van der Waals surface area (Å²) in [6.07, 6.45) is -1.96. The summed E-state index contributed by atoms with van der Waals surface area (Å²) in [6, 6.07) is 3.00. The maximum Gasteiger partial charge on any atom is 0.264 e. The van der Waals surface area contributed by atoms with Crippen LogP contribution in [0.4, 0.5) is 8.78 Å². The number of hydrogen-bond acceptors (Lipinski definition) is 1. The first kappa shape index (κ1) is 11.8. The zero-order valence-corrected chi connectivity index (χ0v) is 9.10. The summed E-state index contributed by atoms with van der Waals surface area (Å²) in [5, 5.41) is 0. The second-order valence-electron chi connectivity index (χ2n) is 3.58. The number of benzene rings is 1. The molecule has 0 spiro atoms. The summed E-state index contributed by atoms with van der Waals surface area (Å²) in [4.78, 5) is 11.2. The van der Waals surface area contributed by atoms with Crippen molar-refractivity contribution in [3.05, 3.63) is 34.4 Å². The van der Waals surface area contributed by atoms with Gasteiger partial charge in [-0.3, -0.25) is 4.79 Å². The fourth-order valence-electron chi connectivity index (χ4n) is 1.67. The maximum atomic E-state index is 12.7. The minimum absolute atomic E-state index is 0.0201. The van der Waals surface area contributed by atoms with Crippen LogP contribution in [0.5, 0.6) is 0 Å². The lowest BCUT2D eigenvalue weighted by Crippen LogP contribution is -2.02. The van der Waals surface area contributed by atoms with E-state index in [2.05, 4.69) is 0 Å². The number of Topliss-reactive ketones (excluding diaryl/α,β-unsaturated/α-hetero) is 1. The van der Waals surface area contributed by atoms with Crippen molar-refractivity contribution in [2.24, 2.45) is 0 Å². The van der Waals surface area contributed by atoms with Crippen molar-refractivity contribution in [2.75, 3.05) is 0 Å². The lowest BCUT2D eigenvalue weighted by Gasteiger charge is -2.11. The van der Waals surface area contributed by atoms with E-state index in [1.165, 1.54) is 13.0 Å². The quantitative estimate of drug-likeness (QED) is 0.698. The number of aryl methyl sites for hydroxylation is 2. The molecule has 0 aliphatic rings. The van der Waals surface area contributed by atoms with E-state index >= 15 is 0 Å². The molecule has 0 atom stereocenters. The first-order valence-corrected chi connectivity index (χ1v) is 4.89. The van der Waals surface area contributed by atoms with E-state index < -0.39 is 6.43 Å². The molecule has 0 unspecified atom stereocenters. The topological polar surface area (TPSA) is 17.1 Å². The Hall–Kier alpha value is -1.25. The number of carbonyl (C=O) groups excluding carboxylic acids is 1. The smallest absolute Gasteiger partial charge is 0.264 e. The van der Waals surface area contributed by atoms with Gasteiger partial charge in [-0.15, -0.1) is 0 Å². The van der Waals surface area contributed by atoms with Gasteiger partial charge in [-0.05, 0) is 37.5 Å². The lowest BCUT2D eigenvalue weighted by atomic mass is 9.96. The Kier molecular flexibility index (Phi) is 3.56. The lowest BCUT2D eigenvalue weighted by molar-refractivity contribution is 0.101. The largest absolute Gasteiger partial charge is 0.295 e. The highest BCUT2D eigenvalue weighted by Gasteiger charge is 2.15. The van der Waals surface area contributed by atoms with Gasteiger partial charge in [0.2, 0.25) is 0 Å². The predicted octanol–water partition coefficient (Wildman–Crippen LogP) is 3.70. The maximum absolute atomic E-state index is 12.7. The number of carbonyl (C=O) groups is 1. The molecule has 0 bridgehead atoms. The van der Waals surface area contributed by atoms with E-state index in [4.69, 9.17) is 0 Å². The van der Waals surface area contributed by atoms with Gasteiger partial charge in [-0.25, -0.2) is 8.78 Å². The van der Waals surface area contributed by atoms with Gasteiger partial charge < -0.3 is 0 Å². The summed E-state index contributed by atoms with van der Waals surface area (Å²) >= 11 is 0. The first-order valence-electron chi connectivity index (χ1n) is 4.89. The highest BCUT2D eigenvalue weighted by Crippen LogP contribution is 2.26. The molecular formula is C12H14F2O. The van der Waals surface area contributed by atoms with Crippen LogP contribution in [0, 0.1) is 6.92 Å². The molecule has 1 nitrogen and oxygen atoms in total. The molecule has 0 saturated heterocycles. The number of halogens is 2. The first-order chi connectivity index (χ1) is 6.97. The number of alkyl halides is 2. The van der Waals surface area contributed by atoms with Crippen molar-refractivity contribution in [1.29, 1.82) is 0 Å². The number of rotatable bonds is 3. The molecule has 1 aromatic carbocycles. The monoisotopic (exact) mass is 212 g/mol. The molecule has 0 amide bonds. The number of hydrogen-bond donors (Lipinski definition) is 0. The molecule has 0 aromatic heterocycles. The van der Waals surface area contributed by atoms with Crippen molar-refractivity contribution in [3.63, 3.8) is 0 Å². The van der Waals surface area contributed by atoms with Crippen LogP contribution in [0.25, 0.3) is 0 Å². The highest BCUT2D eigenvalue weighted by molar-refractivity contribution is 5.95. The molecule has 1 rings (SSSR count). The molecule has 0 aliphatic heterocycles. The zero-order chi connectivity index (χ0) is 11.6. The normalized spacial score (nSPS) is 10.8. The minimum Gasteiger partial charge on any atom is -0.295 e. The van der Waals surface area contributed by atoms with Gasteiger partial charge in [0.15, 0.2) is 5.78 Å². The van der Waals surface area contributed by atoms with Crippen molar-refractivity contribution in [2.45, 2.75) is 33.6 Å². The molecule has 1 aromatic rings. The summed E-state index contributed by atoms with van der Waals surface area (Å²) in [7, 11) is 0. The molecular weight excluding hydrogens is 198 g/mol. The van der Waals surface area contributed by atoms with Crippen molar-refractivity contribution in [3.8, 4) is 0 Å². The third-order valence-electron chi connectivity index (χ3n) is 2.48. The van der Waals surface area contributed by atoms with E-state index in [0.717, 1.165) is 5.56 Å². The Bertz CT molecular complexity index is 383. The molecule has 0 saturated carbocycles. The van der Waals surface area contributed by atoms with E-state index in [1.807, 2.05) is 6.92 Å². The van der Waals surface area contributed by atoms with Crippen LogP contribution in [0.3, 0.4) is 0 Å². The van der Waals surface area contributed by atoms with Crippen LogP contribution < -0.4 is 0 Å². The zero-order valence-electron chi connectivity index (χ0n) is 9.10. The van der Waals surface area contributed by atoms with Crippen LogP contribution in [0.2, 0.25) is 0 Å². The van der Waals surface area contributed by atoms with Gasteiger partial charge in [0.1, 0.15) is 0 Å². The Balaban J connectivity index is 3.37. The molecule has 82 valence electrons. The van der Waals surface area contributed by atoms with Crippen molar-refractivity contribution >= 4 is 5.78 Å². The summed E-state index contributed by atoms with van der Waals surface area (Å²) in [5.41, 5.74) is 1.76. The molecule has 0 heterocycles. The summed E-state index contributed by atoms with van der Waals surface area (Å²) in [5.74, 6) is -0.169. The van der Waals surface area contributed by atoms with Crippen molar-refractivity contribution < 1.29 is 13.6 Å². The van der Waals surface area contributed by atoms with E-state index in [9.17, 15) is 13.6 Å². The fourth-order valence-corrected chi connectivity index (χ4v) is 1.67. The molecule has 0 radical (unpaired) electrons. The fraction of sp³-hybridized carbons (Fsp3) is 0.417. The molecule has 15 heavy (non-hydrogen) atoms. The molecule has 3 heteroatoms. The van der Waals surface area contributed by atoms with Crippen LogP contribution in [0.1, 0.15) is 47.3 Å². The van der Waals surface area contributed by atoms with Gasteiger partial charge in [-0.2, -0.15) is 0 Å². The van der Waals surface area contributed by atoms with Gasteiger partial charge in [0, 0.05) is 11.1 Å². The summed E-state index contributed by atoms with van der Waals surface area (Å²) < 4.78 is 25.4. The Labute approximate surface area is 88.1 Å². The second kappa shape index (κ2) is 4.51. The average molecular weight is 212 g/mol. The van der Waals surface area contributed by atoms with Gasteiger partial charge in [0.25, 0.3) is 6.43 Å². The van der Waals surface area contributed by atoms with Crippen LogP contribution in [-0.2, 0) is 6.42 Å². The molecule has 0 aliphatic carbocycles. The van der Waals surface area contributed by atoms with E-state index in [0.29, 0.717) is 17.5 Å². The van der Waals surface area contributed by atoms with Gasteiger partial charge >= 0.3 is 0 Å². The Morgan fingerprint density at radius 2 is 2.00 bits per heavy atom. The highest BCUT2D eigenvalue weighted by atomic mass is 19.3. The van der Waals surface area contributed by atoms with Crippen LogP contribution in [-0.4, -0.2) is 5.78 Å². The third-order valence-corrected chi connectivity index (χ3v) is 2.48. The average Bonchev–Trinajstić information content (AvgIpc) is 2.16. The van der Waals surface area contributed by atoms with E-state index in [1.54, 1.807) is 13.0 Å². The van der Waals surface area contributed by atoms with Crippen LogP contribution in [0.15, 0.2) is 12.1 Å². The summed E-state index contributed by atoms with van der Waals surface area (Å²) in [6.45, 7) is 4.99. The van der Waals surface area contributed by atoms with Crippen molar-refractivity contribution in [1.82, 2.24) is 0 Å². The molecule has 0 N–H and O–H groups in total. The predicted molar refractivity (Wildman–Crippen MR) is 55.5 cm³/mol. The second-order valence-corrected chi connectivity index (χ2v) is 3.58. The van der Waals surface area contributed by atoms with Crippen LogP contribution >= 0.6 is 0 Å². The van der Waals surface area contributed by atoms with E-state index in [-0.39, 0.29) is 11.3 Å². The Morgan fingerprint density at radius 3 is 2.40 bits per heavy atom. The third kappa shape index (κ3) is 2.41. The SMILES string of the molecule is CCc1cc(C)c(C(C)=O)cc1C(F)F. The Morgan fingerprint density at radius 1 is 1.40 bits per heavy atom. The van der Waals surface area contributed by atoms with Gasteiger partial charge in [-0.1, -0.05) is 13.0 Å². The standard InChI is InChI=1S/C12H14F2O/c1-4-9-5-7(2)10(8(3)15)6-11(9)12(13)14/h5-6,12H,4H2,1-3H3. The van der Waals surface area contributed by atoms with Gasteiger partial charge in [0.05, 0.1) is 0 Å². The minimum atomic E-state index is -2.52. The molecule has 0 fully saturated rings.